The Morgan fingerprint density at radius 1 is 1.25 bits per heavy atom. The van der Waals surface area contributed by atoms with Crippen LogP contribution in [-0.4, -0.2) is 38.4 Å². The van der Waals surface area contributed by atoms with Gasteiger partial charge in [-0.1, -0.05) is 13.8 Å². The molecule has 132 valence electrons. The molecule has 0 saturated carbocycles. The third-order valence-electron chi connectivity index (χ3n) is 4.44. The van der Waals surface area contributed by atoms with Crippen LogP contribution in [0.25, 0.3) is 0 Å². The summed E-state index contributed by atoms with van der Waals surface area (Å²) in [7, 11) is 0. The van der Waals surface area contributed by atoms with Crippen molar-refractivity contribution in [2.45, 2.75) is 32.8 Å². The van der Waals surface area contributed by atoms with E-state index in [-0.39, 0.29) is 6.10 Å². The molecular weight excluding hydrogens is 306 g/mol. The highest BCUT2D eigenvalue weighted by Crippen LogP contribution is 2.32. The van der Waals surface area contributed by atoms with Crippen LogP contribution in [0.3, 0.4) is 0 Å². The largest absolute Gasteiger partial charge is 0.490 e. The summed E-state index contributed by atoms with van der Waals surface area (Å²) in [6.07, 6.45) is 2.21. The fourth-order valence-corrected chi connectivity index (χ4v) is 3.23. The highest BCUT2D eigenvalue weighted by Gasteiger charge is 2.30. The second-order valence-corrected chi connectivity index (χ2v) is 6.69. The normalized spacial score (nSPS) is 24.0. The molecular formula is C18H27N3O3. The van der Waals surface area contributed by atoms with Crippen LogP contribution in [0.4, 0.5) is 5.69 Å². The molecule has 0 bridgehead atoms. The molecule has 0 radical (unpaired) electrons. The number of nitrogens with one attached hydrogen (secondary N) is 1. The third kappa shape index (κ3) is 4.12. The summed E-state index contributed by atoms with van der Waals surface area (Å²) in [6, 6.07) is 5.72. The second kappa shape index (κ2) is 7.75. The predicted octanol–water partition coefficient (Wildman–Crippen LogP) is 2.64. The Labute approximate surface area is 143 Å². The lowest BCUT2D eigenvalue weighted by Crippen LogP contribution is -2.27. The number of fused-ring (bicyclic) bond motifs is 1. The van der Waals surface area contributed by atoms with Gasteiger partial charge in [0.2, 0.25) is 0 Å². The molecule has 0 aromatic heterocycles. The van der Waals surface area contributed by atoms with Crippen molar-refractivity contribution in [1.29, 1.82) is 0 Å². The lowest BCUT2D eigenvalue weighted by atomic mass is 9.93. The van der Waals surface area contributed by atoms with Gasteiger partial charge in [0.05, 0.1) is 19.3 Å². The molecule has 0 amide bonds. The number of guanidine groups is 1. The first-order valence-electron chi connectivity index (χ1n) is 8.71. The van der Waals surface area contributed by atoms with Crippen molar-refractivity contribution in [2.24, 2.45) is 22.6 Å². The smallest absolute Gasteiger partial charge is 0.193 e. The molecule has 6 heteroatoms. The third-order valence-corrected chi connectivity index (χ3v) is 4.44. The lowest BCUT2D eigenvalue weighted by Gasteiger charge is -2.20. The topological polar surface area (TPSA) is 78.1 Å². The molecule has 2 atom stereocenters. The maximum atomic E-state index is 6.04. The van der Waals surface area contributed by atoms with Gasteiger partial charge in [0.1, 0.15) is 0 Å². The molecule has 2 aliphatic rings. The Hall–Kier alpha value is -1.95. The molecule has 2 aliphatic heterocycles. The molecule has 1 fully saturated rings. The van der Waals surface area contributed by atoms with Gasteiger partial charge < -0.3 is 25.3 Å². The maximum absolute atomic E-state index is 6.04. The highest BCUT2D eigenvalue weighted by atomic mass is 16.5. The van der Waals surface area contributed by atoms with Gasteiger partial charge in [0.25, 0.3) is 0 Å². The van der Waals surface area contributed by atoms with Crippen LogP contribution in [0.15, 0.2) is 23.2 Å². The molecule has 3 rings (SSSR count). The Kier molecular flexibility index (Phi) is 5.45. The summed E-state index contributed by atoms with van der Waals surface area (Å²) in [5, 5.41) is 3.13. The zero-order valence-electron chi connectivity index (χ0n) is 14.5. The van der Waals surface area contributed by atoms with Crippen LogP contribution in [0.2, 0.25) is 0 Å². The molecule has 24 heavy (non-hydrogen) atoms. The van der Waals surface area contributed by atoms with Crippen molar-refractivity contribution in [3.05, 3.63) is 18.2 Å². The van der Waals surface area contributed by atoms with Crippen LogP contribution in [0, 0.1) is 11.8 Å². The van der Waals surface area contributed by atoms with E-state index < -0.39 is 0 Å². The van der Waals surface area contributed by atoms with Crippen molar-refractivity contribution >= 4 is 11.6 Å². The van der Waals surface area contributed by atoms with Crippen LogP contribution >= 0.6 is 0 Å². The predicted molar refractivity (Wildman–Crippen MR) is 94.8 cm³/mol. The monoisotopic (exact) mass is 333 g/mol. The molecule has 1 aromatic carbocycles. The number of ether oxygens (including phenoxy) is 3. The van der Waals surface area contributed by atoms with Gasteiger partial charge in [-0.3, -0.25) is 4.99 Å². The lowest BCUT2D eigenvalue weighted by molar-refractivity contribution is 0.0559. The van der Waals surface area contributed by atoms with E-state index in [1.165, 1.54) is 0 Å². The number of nitrogens with zero attached hydrogens (tertiary/aromatic N) is 1. The fraction of sp³-hybridized carbons (Fsp3) is 0.611. The standard InChI is InChI=1S/C18H27N3O3/c1-12(2)17-13(6-9-24-17)11-20-18(19)21-14-4-5-15-16(10-14)23-8-3-7-22-15/h4-5,10,12-13,17H,3,6-9,11H2,1-2H3,(H3,19,20,21). The van der Waals surface area contributed by atoms with Crippen molar-refractivity contribution < 1.29 is 14.2 Å². The van der Waals surface area contributed by atoms with E-state index in [0.717, 1.165) is 36.6 Å². The minimum atomic E-state index is 0.277. The van der Waals surface area contributed by atoms with Crippen molar-refractivity contribution in [3.63, 3.8) is 0 Å². The Morgan fingerprint density at radius 2 is 2.04 bits per heavy atom. The molecule has 2 unspecified atom stereocenters. The molecule has 2 heterocycles. The zero-order chi connectivity index (χ0) is 16.9. The van der Waals surface area contributed by atoms with E-state index in [1.54, 1.807) is 0 Å². The van der Waals surface area contributed by atoms with Gasteiger partial charge in [0.15, 0.2) is 17.5 Å². The number of hydrogen-bond acceptors (Lipinski definition) is 4. The van der Waals surface area contributed by atoms with Gasteiger partial charge in [-0.2, -0.15) is 0 Å². The number of benzene rings is 1. The Balaban J connectivity index is 1.60. The average molecular weight is 333 g/mol. The van der Waals surface area contributed by atoms with E-state index in [0.29, 0.717) is 37.6 Å². The van der Waals surface area contributed by atoms with E-state index in [2.05, 4.69) is 24.2 Å². The molecule has 6 nitrogen and oxygen atoms in total. The fourth-order valence-electron chi connectivity index (χ4n) is 3.23. The van der Waals surface area contributed by atoms with Gasteiger partial charge in [-0.05, 0) is 24.5 Å². The number of hydrogen-bond donors (Lipinski definition) is 2. The summed E-state index contributed by atoms with van der Waals surface area (Å²) < 4.78 is 17.1. The van der Waals surface area contributed by atoms with Crippen LogP contribution in [0.5, 0.6) is 11.5 Å². The summed E-state index contributed by atoms with van der Waals surface area (Å²) in [4.78, 5) is 4.50. The number of anilines is 1. The highest BCUT2D eigenvalue weighted by molar-refractivity contribution is 5.92. The number of aliphatic imine (C=N–C) groups is 1. The van der Waals surface area contributed by atoms with E-state index >= 15 is 0 Å². The summed E-state index contributed by atoms with van der Waals surface area (Å²) >= 11 is 0. The van der Waals surface area contributed by atoms with Crippen molar-refractivity contribution in [2.75, 3.05) is 31.7 Å². The van der Waals surface area contributed by atoms with Gasteiger partial charge in [-0.25, -0.2) is 0 Å². The van der Waals surface area contributed by atoms with Gasteiger partial charge in [-0.15, -0.1) is 0 Å². The van der Waals surface area contributed by atoms with Crippen molar-refractivity contribution in [1.82, 2.24) is 0 Å². The van der Waals surface area contributed by atoms with E-state index in [4.69, 9.17) is 19.9 Å². The first-order valence-corrected chi connectivity index (χ1v) is 8.71. The van der Waals surface area contributed by atoms with Gasteiger partial charge in [0, 0.05) is 37.2 Å². The Morgan fingerprint density at radius 3 is 2.83 bits per heavy atom. The Bertz CT molecular complexity index is 589. The van der Waals surface area contributed by atoms with Crippen LogP contribution in [0.1, 0.15) is 26.7 Å². The number of rotatable bonds is 4. The number of nitrogens with two attached hydrogens (primary N) is 1. The second-order valence-electron chi connectivity index (χ2n) is 6.69. The minimum absolute atomic E-state index is 0.277. The quantitative estimate of drug-likeness (QED) is 0.654. The van der Waals surface area contributed by atoms with E-state index in [9.17, 15) is 0 Å². The first-order chi connectivity index (χ1) is 11.6. The average Bonchev–Trinajstić information content (AvgIpc) is 2.91. The summed E-state index contributed by atoms with van der Waals surface area (Å²) in [5.74, 6) is 2.88. The summed E-state index contributed by atoms with van der Waals surface area (Å²) in [6.45, 7) is 7.23. The maximum Gasteiger partial charge on any atom is 0.193 e. The van der Waals surface area contributed by atoms with Crippen LogP contribution < -0.4 is 20.5 Å². The SMILES string of the molecule is CC(C)C1OCCC1CN=C(N)Nc1ccc2c(c1)OCCCO2. The molecule has 1 saturated heterocycles. The van der Waals surface area contributed by atoms with Crippen molar-refractivity contribution in [3.8, 4) is 11.5 Å². The molecule has 1 aromatic rings. The molecule has 0 spiro atoms. The first kappa shape index (κ1) is 16.9. The zero-order valence-corrected chi connectivity index (χ0v) is 14.5. The summed E-state index contributed by atoms with van der Waals surface area (Å²) in [5.41, 5.74) is 6.89. The minimum Gasteiger partial charge on any atom is -0.490 e. The van der Waals surface area contributed by atoms with Crippen LogP contribution in [-0.2, 0) is 4.74 Å². The molecule has 3 N–H and O–H groups in total. The molecule has 0 aliphatic carbocycles. The van der Waals surface area contributed by atoms with Gasteiger partial charge >= 0.3 is 0 Å². The van der Waals surface area contributed by atoms with E-state index in [1.807, 2.05) is 18.2 Å².